The van der Waals surface area contributed by atoms with Gasteiger partial charge >= 0.3 is 5.97 Å². The van der Waals surface area contributed by atoms with Crippen molar-refractivity contribution in [2.75, 3.05) is 14.1 Å². The number of carboxylic acids is 1. The molecule has 0 fully saturated rings. The molecule has 0 aliphatic rings. The number of aromatic carboxylic acids is 1. The van der Waals surface area contributed by atoms with Crippen LogP contribution in [0.1, 0.15) is 10.5 Å². The summed E-state index contributed by atoms with van der Waals surface area (Å²) in [7, 11) is 3.75. The number of nitrogens with one attached hydrogen (secondary N) is 1. The number of aromatic nitrogens is 2. The lowest BCUT2D eigenvalue weighted by atomic mass is 10.4. The smallest absolute Gasteiger partial charge is 0.354 e. The monoisotopic (exact) mass is 169 g/mol. The summed E-state index contributed by atoms with van der Waals surface area (Å²) in [6.45, 7) is 0. The fourth-order valence-electron chi connectivity index (χ4n) is 0.417. The molecule has 0 unspecified atom stereocenters. The minimum atomic E-state index is -1.03. The van der Waals surface area contributed by atoms with Gasteiger partial charge in [-0.15, -0.1) is 0 Å². The van der Waals surface area contributed by atoms with E-state index in [1.165, 1.54) is 18.6 Å². The molecule has 1 heterocycles. The standard InChI is InChI=1S/C5H4N2O2.C2H7N/c8-5(9)4-1-2-6-3-7-4;1-3-2/h1-3H,(H,8,9);3H,1-2H3. The normalized spacial score (nSPS) is 8.17. The van der Waals surface area contributed by atoms with Gasteiger partial charge in [0.05, 0.1) is 0 Å². The molecule has 0 aliphatic carbocycles. The summed E-state index contributed by atoms with van der Waals surface area (Å²) in [5, 5.41) is 11.0. The summed E-state index contributed by atoms with van der Waals surface area (Å²) < 4.78 is 0. The molecule has 2 N–H and O–H groups in total. The van der Waals surface area contributed by atoms with Crippen molar-refractivity contribution in [3.63, 3.8) is 0 Å². The predicted molar refractivity (Wildman–Crippen MR) is 44.0 cm³/mol. The molecule has 0 spiro atoms. The highest BCUT2D eigenvalue weighted by atomic mass is 16.4. The van der Waals surface area contributed by atoms with Gasteiger partial charge in [0.2, 0.25) is 0 Å². The Morgan fingerprint density at radius 1 is 1.58 bits per heavy atom. The van der Waals surface area contributed by atoms with Crippen LogP contribution in [0, 0.1) is 0 Å². The first-order valence-electron chi connectivity index (χ1n) is 3.30. The van der Waals surface area contributed by atoms with E-state index in [4.69, 9.17) is 5.11 Å². The van der Waals surface area contributed by atoms with E-state index < -0.39 is 5.97 Å². The van der Waals surface area contributed by atoms with Crippen LogP contribution in [0.4, 0.5) is 0 Å². The molecule has 0 saturated carbocycles. The van der Waals surface area contributed by atoms with Gasteiger partial charge in [-0.3, -0.25) is 0 Å². The van der Waals surface area contributed by atoms with E-state index in [0.717, 1.165) is 0 Å². The maximum Gasteiger partial charge on any atom is 0.354 e. The van der Waals surface area contributed by atoms with Crippen molar-refractivity contribution >= 4 is 5.97 Å². The van der Waals surface area contributed by atoms with Crippen LogP contribution >= 0.6 is 0 Å². The Bertz CT molecular complexity index is 225. The summed E-state index contributed by atoms with van der Waals surface area (Å²) in [6.07, 6.45) is 2.58. The maximum atomic E-state index is 10.1. The van der Waals surface area contributed by atoms with Gasteiger partial charge in [0.1, 0.15) is 6.33 Å². The lowest BCUT2D eigenvalue weighted by Gasteiger charge is -1.86. The molecule has 0 amide bonds. The van der Waals surface area contributed by atoms with Crippen molar-refractivity contribution in [2.24, 2.45) is 0 Å². The van der Waals surface area contributed by atoms with E-state index in [1.54, 1.807) is 0 Å². The van der Waals surface area contributed by atoms with Gasteiger partial charge in [-0.25, -0.2) is 14.8 Å². The molecule has 0 bridgehead atoms. The number of nitrogens with zero attached hydrogens (tertiary/aromatic N) is 2. The fraction of sp³-hybridized carbons (Fsp3) is 0.286. The van der Waals surface area contributed by atoms with Gasteiger partial charge in [0.15, 0.2) is 5.69 Å². The SMILES string of the molecule is CNC.O=C(O)c1ccncn1. The highest BCUT2D eigenvalue weighted by Gasteiger charge is 1.99. The van der Waals surface area contributed by atoms with E-state index in [2.05, 4.69) is 15.3 Å². The van der Waals surface area contributed by atoms with Crippen molar-refractivity contribution in [2.45, 2.75) is 0 Å². The molecule has 5 heteroatoms. The quantitative estimate of drug-likeness (QED) is 0.619. The molecular weight excluding hydrogens is 158 g/mol. The van der Waals surface area contributed by atoms with Crippen LogP contribution in [0.15, 0.2) is 18.6 Å². The minimum absolute atomic E-state index is 0.0185. The topological polar surface area (TPSA) is 75.1 Å². The van der Waals surface area contributed by atoms with Gasteiger partial charge < -0.3 is 10.4 Å². The molecule has 12 heavy (non-hydrogen) atoms. The van der Waals surface area contributed by atoms with E-state index in [9.17, 15) is 4.79 Å². The fourth-order valence-corrected chi connectivity index (χ4v) is 0.417. The summed E-state index contributed by atoms with van der Waals surface area (Å²) in [5.41, 5.74) is 0.0185. The van der Waals surface area contributed by atoms with E-state index in [1.807, 2.05) is 14.1 Å². The van der Waals surface area contributed by atoms with Crippen molar-refractivity contribution in [3.05, 3.63) is 24.3 Å². The van der Waals surface area contributed by atoms with Crippen LogP contribution in [-0.4, -0.2) is 35.1 Å². The second-order valence-corrected chi connectivity index (χ2v) is 1.90. The van der Waals surface area contributed by atoms with Crippen molar-refractivity contribution < 1.29 is 9.90 Å². The van der Waals surface area contributed by atoms with Crippen molar-refractivity contribution in [1.29, 1.82) is 0 Å². The average molecular weight is 169 g/mol. The first-order valence-corrected chi connectivity index (χ1v) is 3.30. The summed E-state index contributed by atoms with van der Waals surface area (Å²) in [5.74, 6) is -1.03. The number of rotatable bonds is 1. The van der Waals surface area contributed by atoms with Gasteiger partial charge in [-0.2, -0.15) is 0 Å². The predicted octanol–water partition coefficient (Wildman–Crippen LogP) is 0.0104. The zero-order valence-electron chi connectivity index (χ0n) is 6.98. The van der Waals surface area contributed by atoms with Crippen LogP contribution in [-0.2, 0) is 0 Å². The molecule has 0 atom stereocenters. The zero-order valence-corrected chi connectivity index (χ0v) is 6.98. The number of hydrogen-bond acceptors (Lipinski definition) is 4. The summed E-state index contributed by atoms with van der Waals surface area (Å²) >= 11 is 0. The number of hydrogen-bond donors (Lipinski definition) is 2. The van der Waals surface area contributed by atoms with Gasteiger partial charge in [0, 0.05) is 6.20 Å². The number of carboxylic acid groups (broad SMARTS) is 1. The summed E-state index contributed by atoms with van der Waals surface area (Å²) in [6, 6.07) is 1.34. The molecule has 1 aromatic heterocycles. The van der Waals surface area contributed by atoms with Gasteiger partial charge in [-0.1, -0.05) is 0 Å². The van der Waals surface area contributed by atoms with Crippen LogP contribution in [0.5, 0.6) is 0 Å². The molecule has 0 aliphatic heterocycles. The Balaban J connectivity index is 0.000000354. The Kier molecular flexibility index (Phi) is 5.46. The van der Waals surface area contributed by atoms with Crippen LogP contribution < -0.4 is 5.32 Å². The van der Waals surface area contributed by atoms with E-state index >= 15 is 0 Å². The average Bonchev–Trinajstić information content (AvgIpc) is 2.07. The first kappa shape index (κ1) is 10.5. The largest absolute Gasteiger partial charge is 0.477 e. The molecule has 0 aromatic carbocycles. The van der Waals surface area contributed by atoms with Gasteiger partial charge in [-0.05, 0) is 20.2 Å². The third-order valence-electron chi connectivity index (χ3n) is 0.801. The Morgan fingerprint density at radius 2 is 2.17 bits per heavy atom. The first-order chi connectivity index (χ1) is 5.72. The molecule has 0 saturated heterocycles. The highest BCUT2D eigenvalue weighted by molar-refractivity contribution is 5.84. The molecule has 0 radical (unpaired) electrons. The van der Waals surface area contributed by atoms with Crippen molar-refractivity contribution in [1.82, 2.24) is 15.3 Å². The third-order valence-corrected chi connectivity index (χ3v) is 0.801. The zero-order chi connectivity index (χ0) is 9.40. The lowest BCUT2D eigenvalue weighted by molar-refractivity contribution is 0.0690. The minimum Gasteiger partial charge on any atom is -0.477 e. The highest BCUT2D eigenvalue weighted by Crippen LogP contribution is 1.87. The molecule has 5 nitrogen and oxygen atoms in total. The lowest BCUT2D eigenvalue weighted by Crippen LogP contribution is -1.98. The second-order valence-electron chi connectivity index (χ2n) is 1.90. The number of carbonyl (C=O) groups is 1. The maximum absolute atomic E-state index is 10.1. The van der Waals surface area contributed by atoms with Crippen LogP contribution in [0.25, 0.3) is 0 Å². The van der Waals surface area contributed by atoms with Crippen LogP contribution in [0.3, 0.4) is 0 Å². The van der Waals surface area contributed by atoms with Gasteiger partial charge in [0.25, 0.3) is 0 Å². The third kappa shape index (κ3) is 4.35. The molecule has 1 rings (SSSR count). The Morgan fingerprint density at radius 3 is 2.42 bits per heavy atom. The van der Waals surface area contributed by atoms with Crippen molar-refractivity contribution in [3.8, 4) is 0 Å². The molecule has 1 aromatic rings. The van der Waals surface area contributed by atoms with Crippen LogP contribution in [0.2, 0.25) is 0 Å². The van der Waals surface area contributed by atoms with E-state index in [-0.39, 0.29) is 5.69 Å². The molecule has 66 valence electrons. The second kappa shape index (κ2) is 6.23. The summed E-state index contributed by atoms with van der Waals surface area (Å²) in [4.78, 5) is 17.1. The Labute approximate surface area is 70.5 Å². The molecular formula is C7H11N3O2. The Hall–Kier alpha value is -1.49. The van der Waals surface area contributed by atoms with E-state index in [0.29, 0.717) is 0 Å².